The minimum atomic E-state index is -0.333. The standard InChI is InChI=1S/C23H24FN9O2/c1-30-23(32-10-8-31(9-11-32)20(35)12-25)21(22(29-30)15-2-4-16(24)5-3-15)17-6-7-19-27-18(26-14-34)13-33(19)28-17/h2-7,13-14H,8-12,25H2,1H3,(H,26,34). The molecule has 2 amide bonds. The van der Waals surface area contributed by atoms with E-state index in [2.05, 4.69) is 15.2 Å². The summed E-state index contributed by atoms with van der Waals surface area (Å²) in [6.45, 7) is 2.27. The fourth-order valence-electron chi connectivity index (χ4n) is 4.37. The molecule has 1 aromatic carbocycles. The molecule has 0 radical (unpaired) electrons. The van der Waals surface area contributed by atoms with Crippen LogP contribution in [0, 0.1) is 5.82 Å². The maximum Gasteiger partial charge on any atom is 0.236 e. The van der Waals surface area contributed by atoms with Gasteiger partial charge >= 0.3 is 0 Å². The van der Waals surface area contributed by atoms with Crippen LogP contribution in [0.3, 0.4) is 0 Å². The number of nitrogens with one attached hydrogen (secondary N) is 1. The van der Waals surface area contributed by atoms with E-state index in [-0.39, 0.29) is 18.3 Å². The van der Waals surface area contributed by atoms with Crippen LogP contribution in [0.15, 0.2) is 42.6 Å². The maximum absolute atomic E-state index is 13.6. The van der Waals surface area contributed by atoms with Crippen LogP contribution in [0.1, 0.15) is 0 Å². The van der Waals surface area contributed by atoms with Crippen LogP contribution in [0.25, 0.3) is 28.2 Å². The minimum Gasteiger partial charge on any atom is -0.353 e. The molecule has 11 nitrogen and oxygen atoms in total. The van der Waals surface area contributed by atoms with Gasteiger partial charge in [0.25, 0.3) is 0 Å². The number of rotatable bonds is 6. The van der Waals surface area contributed by atoms with Gasteiger partial charge in [-0.2, -0.15) is 10.2 Å². The van der Waals surface area contributed by atoms with Crippen LogP contribution in [-0.2, 0) is 16.6 Å². The van der Waals surface area contributed by atoms with Crippen molar-refractivity contribution < 1.29 is 14.0 Å². The highest BCUT2D eigenvalue weighted by Crippen LogP contribution is 2.39. The molecule has 12 heteroatoms. The highest BCUT2D eigenvalue weighted by atomic mass is 19.1. The third kappa shape index (κ3) is 4.19. The van der Waals surface area contributed by atoms with E-state index in [1.165, 1.54) is 12.1 Å². The van der Waals surface area contributed by atoms with Gasteiger partial charge in [-0.05, 0) is 36.4 Å². The molecule has 180 valence electrons. The highest BCUT2D eigenvalue weighted by Gasteiger charge is 2.28. The molecule has 1 saturated heterocycles. The number of amides is 2. The first kappa shape index (κ1) is 22.5. The Morgan fingerprint density at radius 2 is 1.86 bits per heavy atom. The molecule has 4 aromatic rings. The van der Waals surface area contributed by atoms with E-state index in [4.69, 9.17) is 15.9 Å². The zero-order valence-electron chi connectivity index (χ0n) is 19.1. The Morgan fingerprint density at radius 3 is 2.54 bits per heavy atom. The SMILES string of the molecule is Cn1nc(-c2ccc(F)cc2)c(-c2ccc3nc(NC=O)cn3n2)c1N1CCN(C(=O)CN)CC1. The zero-order valence-corrected chi connectivity index (χ0v) is 19.1. The van der Waals surface area contributed by atoms with Gasteiger partial charge in [-0.3, -0.25) is 14.3 Å². The van der Waals surface area contributed by atoms with E-state index < -0.39 is 0 Å². The second kappa shape index (κ2) is 9.14. The van der Waals surface area contributed by atoms with Gasteiger partial charge in [0.05, 0.1) is 24.0 Å². The number of aryl methyl sites for hydroxylation is 1. The number of carbonyl (C=O) groups is 2. The number of carbonyl (C=O) groups excluding carboxylic acids is 2. The van der Waals surface area contributed by atoms with Crippen molar-refractivity contribution in [2.24, 2.45) is 12.8 Å². The molecule has 1 aliphatic heterocycles. The smallest absolute Gasteiger partial charge is 0.236 e. The number of piperazine rings is 1. The molecule has 0 saturated carbocycles. The third-order valence-corrected chi connectivity index (χ3v) is 6.02. The number of nitrogens with two attached hydrogens (primary N) is 1. The van der Waals surface area contributed by atoms with Crippen molar-refractivity contribution in [1.82, 2.24) is 29.3 Å². The first-order valence-electron chi connectivity index (χ1n) is 11.1. The fraction of sp³-hybridized carbons (Fsp3) is 0.261. The van der Waals surface area contributed by atoms with E-state index >= 15 is 0 Å². The van der Waals surface area contributed by atoms with Crippen molar-refractivity contribution in [3.8, 4) is 22.5 Å². The number of nitrogens with zero attached hydrogens (tertiary/aromatic N) is 7. The largest absolute Gasteiger partial charge is 0.353 e. The van der Waals surface area contributed by atoms with Crippen LogP contribution in [0.2, 0.25) is 0 Å². The molecule has 35 heavy (non-hydrogen) atoms. The first-order valence-corrected chi connectivity index (χ1v) is 11.1. The van der Waals surface area contributed by atoms with E-state index in [9.17, 15) is 14.0 Å². The number of fused-ring (bicyclic) bond motifs is 1. The fourth-order valence-corrected chi connectivity index (χ4v) is 4.37. The number of halogens is 1. The van der Waals surface area contributed by atoms with Crippen molar-refractivity contribution in [1.29, 1.82) is 0 Å². The van der Waals surface area contributed by atoms with Gasteiger partial charge in [0.1, 0.15) is 17.3 Å². The molecule has 4 heterocycles. The van der Waals surface area contributed by atoms with Gasteiger partial charge in [0.2, 0.25) is 12.3 Å². The summed E-state index contributed by atoms with van der Waals surface area (Å²) in [4.78, 5) is 31.1. The van der Waals surface area contributed by atoms with Crippen molar-refractivity contribution in [3.63, 3.8) is 0 Å². The highest BCUT2D eigenvalue weighted by molar-refractivity contribution is 5.88. The monoisotopic (exact) mass is 477 g/mol. The van der Waals surface area contributed by atoms with Crippen molar-refractivity contribution in [2.75, 3.05) is 42.9 Å². The predicted octanol–water partition coefficient (Wildman–Crippen LogP) is 1.11. The topological polar surface area (TPSA) is 127 Å². The lowest BCUT2D eigenvalue weighted by atomic mass is 10.0. The summed E-state index contributed by atoms with van der Waals surface area (Å²) >= 11 is 0. The summed E-state index contributed by atoms with van der Waals surface area (Å²) in [6.07, 6.45) is 2.18. The Balaban J connectivity index is 1.61. The number of benzene rings is 1. The van der Waals surface area contributed by atoms with Gasteiger partial charge in [0.15, 0.2) is 11.5 Å². The molecule has 0 atom stereocenters. The van der Waals surface area contributed by atoms with Crippen LogP contribution in [-0.4, -0.2) is 74.3 Å². The Kier molecular flexibility index (Phi) is 5.87. The Morgan fingerprint density at radius 1 is 1.11 bits per heavy atom. The second-order valence-corrected chi connectivity index (χ2v) is 8.16. The van der Waals surface area contributed by atoms with Gasteiger partial charge in [-0.1, -0.05) is 0 Å². The lowest BCUT2D eigenvalue weighted by Gasteiger charge is -2.36. The van der Waals surface area contributed by atoms with Crippen molar-refractivity contribution >= 4 is 29.6 Å². The third-order valence-electron chi connectivity index (χ3n) is 6.02. The molecule has 0 spiro atoms. The Labute approximate surface area is 199 Å². The molecular weight excluding hydrogens is 453 g/mol. The molecular formula is C23H24FN9O2. The average Bonchev–Trinajstić information content (AvgIpc) is 3.44. The minimum absolute atomic E-state index is 0.0124. The van der Waals surface area contributed by atoms with Gasteiger partial charge in [-0.25, -0.2) is 13.9 Å². The summed E-state index contributed by atoms with van der Waals surface area (Å²) < 4.78 is 17.0. The van der Waals surface area contributed by atoms with Crippen molar-refractivity contribution in [2.45, 2.75) is 0 Å². The molecule has 3 aromatic heterocycles. The van der Waals surface area contributed by atoms with Gasteiger partial charge in [-0.15, -0.1) is 0 Å². The number of anilines is 2. The van der Waals surface area contributed by atoms with Gasteiger partial charge in [0, 0.05) is 38.8 Å². The van der Waals surface area contributed by atoms with E-state index in [1.54, 1.807) is 38.5 Å². The zero-order chi connectivity index (χ0) is 24.5. The summed E-state index contributed by atoms with van der Waals surface area (Å²) in [5.41, 5.74) is 8.91. The summed E-state index contributed by atoms with van der Waals surface area (Å²) in [6, 6.07) is 9.81. The predicted molar refractivity (Wildman–Crippen MR) is 128 cm³/mol. The Bertz CT molecular complexity index is 1390. The number of hydrogen-bond donors (Lipinski definition) is 2. The van der Waals surface area contributed by atoms with E-state index in [0.717, 1.165) is 16.9 Å². The number of aromatic nitrogens is 5. The molecule has 0 bridgehead atoms. The summed E-state index contributed by atoms with van der Waals surface area (Å²) in [7, 11) is 1.85. The lowest BCUT2D eigenvalue weighted by Crippen LogP contribution is -2.50. The number of imidazole rings is 1. The first-order chi connectivity index (χ1) is 17.0. The lowest BCUT2D eigenvalue weighted by molar-refractivity contribution is -0.129. The van der Waals surface area contributed by atoms with Crippen LogP contribution in [0.4, 0.5) is 16.0 Å². The molecule has 1 fully saturated rings. The van der Waals surface area contributed by atoms with Crippen LogP contribution in [0.5, 0.6) is 0 Å². The molecule has 3 N–H and O–H groups in total. The Hall–Kier alpha value is -4.32. The summed E-state index contributed by atoms with van der Waals surface area (Å²) in [5, 5.41) is 12.0. The van der Waals surface area contributed by atoms with E-state index in [1.807, 2.05) is 13.1 Å². The molecule has 5 rings (SSSR count). The second-order valence-electron chi connectivity index (χ2n) is 8.16. The van der Waals surface area contributed by atoms with E-state index in [0.29, 0.717) is 55.4 Å². The quantitative estimate of drug-likeness (QED) is 0.398. The average molecular weight is 478 g/mol. The summed E-state index contributed by atoms with van der Waals surface area (Å²) in [5.74, 6) is 0.812. The van der Waals surface area contributed by atoms with Crippen molar-refractivity contribution in [3.05, 3.63) is 48.4 Å². The normalized spacial score (nSPS) is 13.9. The molecule has 0 aliphatic carbocycles. The van der Waals surface area contributed by atoms with Crippen LogP contribution < -0.4 is 16.0 Å². The molecule has 0 unspecified atom stereocenters. The van der Waals surface area contributed by atoms with Crippen LogP contribution >= 0.6 is 0 Å². The maximum atomic E-state index is 13.6. The molecule has 1 aliphatic rings. The number of hydrogen-bond acceptors (Lipinski definition) is 7. The van der Waals surface area contributed by atoms with Gasteiger partial charge < -0.3 is 20.9 Å².